The van der Waals surface area contributed by atoms with Crippen LogP contribution in [-0.2, 0) is 0 Å². The standard InChI is InChI=1S/C20H32OS/c1-3-4-5-6-7-8-9-10-11-12-17-22-20-15-13-19(14-16-20)18(2)21/h13-16H,3-12,17H2,1-2H3. The first kappa shape index (κ1) is 19.3. The van der Waals surface area contributed by atoms with Gasteiger partial charge in [0.25, 0.3) is 0 Å². The van der Waals surface area contributed by atoms with Crippen LogP contribution in [0.5, 0.6) is 0 Å². The summed E-state index contributed by atoms with van der Waals surface area (Å²) in [7, 11) is 0. The van der Waals surface area contributed by atoms with Crippen molar-refractivity contribution in [1.29, 1.82) is 0 Å². The Kier molecular flexibility index (Phi) is 11.2. The smallest absolute Gasteiger partial charge is 0.159 e. The molecule has 1 aromatic rings. The summed E-state index contributed by atoms with van der Waals surface area (Å²) in [5, 5.41) is 0. The molecular weight excluding hydrogens is 288 g/mol. The molecule has 0 amide bonds. The van der Waals surface area contributed by atoms with E-state index in [0.717, 1.165) is 5.56 Å². The van der Waals surface area contributed by atoms with Crippen molar-refractivity contribution in [1.82, 2.24) is 0 Å². The van der Waals surface area contributed by atoms with Crippen molar-refractivity contribution in [2.24, 2.45) is 0 Å². The second kappa shape index (κ2) is 12.8. The number of Topliss-reactive ketones (excluding diaryl/α,β-unsaturated/α-hetero) is 1. The first-order valence-corrected chi connectivity index (χ1v) is 9.96. The summed E-state index contributed by atoms with van der Waals surface area (Å²) < 4.78 is 0. The zero-order valence-corrected chi connectivity index (χ0v) is 15.2. The second-order valence-electron chi connectivity index (χ2n) is 6.11. The van der Waals surface area contributed by atoms with Crippen LogP contribution < -0.4 is 0 Å². The molecule has 0 atom stereocenters. The maximum atomic E-state index is 11.2. The van der Waals surface area contributed by atoms with Crippen LogP contribution in [0.4, 0.5) is 0 Å². The number of hydrogen-bond acceptors (Lipinski definition) is 2. The summed E-state index contributed by atoms with van der Waals surface area (Å²) in [6, 6.07) is 8.00. The molecule has 0 aliphatic carbocycles. The third kappa shape index (κ3) is 9.30. The fraction of sp³-hybridized carbons (Fsp3) is 0.650. The van der Waals surface area contributed by atoms with Crippen molar-refractivity contribution in [3.05, 3.63) is 29.8 Å². The van der Waals surface area contributed by atoms with E-state index in [2.05, 4.69) is 19.1 Å². The fourth-order valence-electron chi connectivity index (χ4n) is 2.57. The van der Waals surface area contributed by atoms with Gasteiger partial charge in [0.1, 0.15) is 0 Å². The quantitative estimate of drug-likeness (QED) is 0.223. The molecule has 0 spiro atoms. The molecule has 2 heteroatoms. The number of rotatable bonds is 13. The lowest BCUT2D eigenvalue weighted by Gasteiger charge is -2.04. The van der Waals surface area contributed by atoms with Crippen LogP contribution in [0.15, 0.2) is 29.2 Å². The van der Waals surface area contributed by atoms with Crippen LogP contribution >= 0.6 is 11.8 Å². The molecule has 0 bridgehead atoms. The summed E-state index contributed by atoms with van der Waals surface area (Å²) in [6.07, 6.45) is 13.9. The molecule has 1 aromatic carbocycles. The third-order valence-electron chi connectivity index (χ3n) is 4.03. The lowest BCUT2D eigenvalue weighted by Crippen LogP contribution is -1.90. The van der Waals surface area contributed by atoms with Gasteiger partial charge >= 0.3 is 0 Å². The van der Waals surface area contributed by atoms with Gasteiger partial charge in [0, 0.05) is 10.5 Å². The first-order valence-electron chi connectivity index (χ1n) is 8.98. The number of carbonyl (C=O) groups excluding carboxylic acids is 1. The summed E-state index contributed by atoms with van der Waals surface area (Å²) in [4.78, 5) is 12.5. The molecule has 22 heavy (non-hydrogen) atoms. The van der Waals surface area contributed by atoms with Crippen LogP contribution in [0, 0.1) is 0 Å². The number of carbonyl (C=O) groups is 1. The van der Waals surface area contributed by atoms with Crippen molar-refractivity contribution < 1.29 is 4.79 Å². The van der Waals surface area contributed by atoms with Crippen LogP contribution in [0.3, 0.4) is 0 Å². The molecule has 124 valence electrons. The molecule has 0 heterocycles. The van der Waals surface area contributed by atoms with Gasteiger partial charge in [-0.05, 0) is 31.2 Å². The summed E-state index contributed by atoms with van der Waals surface area (Å²) in [6.45, 7) is 3.89. The highest BCUT2D eigenvalue weighted by atomic mass is 32.2. The zero-order chi connectivity index (χ0) is 16.0. The molecule has 1 nitrogen and oxygen atoms in total. The molecular formula is C20H32OS. The minimum absolute atomic E-state index is 0.145. The van der Waals surface area contributed by atoms with E-state index in [0.29, 0.717) is 0 Å². The van der Waals surface area contributed by atoms with Gasteiger partial charge in [-0.3, -0.25) is 4.79 Å². The second-order valence-corrected chi connectivity index (χ2v) is 7.28. The molecule has 0 aromatic heterocycles. The van der Waals surface area contributed by atoms with Gasteiger partial charge < -0.3 is 0 Å². The average Bonchev–Trinajstić information content (AvgIpc) is 2.53. The van der Waals surface area contributed by atoms with E-state index >= 15 is 0 Å². The molecule has 0 saturated carbocycles. The zero-order valence-electron chi connectivity index (χ0n) is 14.4. The Bertz CT molecular complexity index is 397. The predicted octanol–water partition coefficient (Wildman–Crippen LogP) is 6.90. The van der Waals surface area contributed by atoms with Crippen LogP contribution in [0.2, 0.25) is 0 Å². The normalized spacial score (nSPS) is 10.8. The molecule has 0 unspecified atom stereocenters. The lowest BCUT2D eigenvalue weighted by molar-refractivity contribution is 0.101. The maximum Gasteiger partial charge on any atom is 0.159 e. The first-order chi connectivity index (χ1) is 10.7. The minimum atomic E-state index is 0.145. The molecule has 0 aliphatic heterocycles. The topological polar surface area (TPSA) is 17.1 Å². The molecule has 0 fully saturated rings. The van der Waals surface area contributed by atoms with Gasteiger partial charge in [0.2, 0.25) is 0 Å². The van der Waals surface area contributed by atoms with E-state index < -0.39 is 0 Å². The Hall–Kier alpha value is -0.760. The van der Waals surface area contributed by atoms with E-state index in [1.165, 1.54) is 74.9 Å². The van der Waals surface area contributed by atoms with Crippen LogP contribution in [0.1, 0.15) is 88.4 Å². The molecule has 0 N–H and O–H groups in total. The Morgan fingerprint density at radius 2 is 1.32 bits per heavy atom. The Labute approximate surface area is 141 Å². The molecule has 0 radical (unpaired) electrons. The number of unbranched alkanes of at least 4 members (excludes halogenated alkanes) is 9. The summed E-state index contributed by atoms with van der Waals surface area (Å²) in [5.41, 5.74) is 0.809. The van der Waals surface area contributed by atoms with Gasteiger partial charge in [-0.1, -0.05) is 76.8 Å². The highest BCUT2D eigenvalue weighted by Crippen LogP contribution is 2.21. The molecule has 0 saturated heterocycles. The SMILES string of the molecule is CCCCCCCCCCCCSc1ccc(C(C)=O)cc1. The van der Waals surface area contributed by atoms with Crippen molar-refractivity contribution in [3.8, 4) is 0 Å². The largest absolute Gasteiger partial charge is 0.295 e. The van der Waals surface area contributed by atoms with Gasteiger partial charge in [0.05, 0.1) is 0 Å². The van der Waals surface area contributed by atoms with Crippen LogP contribution in [-0.4, -0.2) is 11.5 Å². The minimum Gasteiger partial charge on any atom is -0.295 e. The van der Waals surface area contributed by atoms with Crippen molar-refractivity contribution >= 4 is 17.5 Å². The summed E-state index contributed by atoms with van der Waals surface area (Å²) in [5.74, 6) is 1.34. The van der Waals surface area contributed by atoms with Gasteiger partial charge in [-0.2, -0.15) is 0 Å². The number of ketones is 1. The van der Waals surface area contributed by atoms with Crippen molar-refractivity contribution in [2.45, 2.75) is 83.0 Å². The highest BCUT2D eigenvalue weighted by molar-refractivity contribution is 7.99. The third-order valence-corrected chi connectivity index (χ3v) is 5.13. The van der Waals surface area contributed by atoms with Gasteiger partial charge in [0.15, 0.2) is 5.78 Å². The van der Waals surface area contributed by atoms with Gasteiger partial charge in [-0.25, -0.2) is 0 Å². The summed E-state index contributed by atoms with van der Waals surface area (Å²) >= 11 is 1.91. The predicted molar refractivity (Wildman–Crippen MR) is 99.0 cm³/mol. The molecule has 1 rings (SSSR count). The van der Waals surface area contributed by atoms with Crippen LogP contribution in [0.25, 0.3) is 0 Å². The number of benzene rings is 1. The Balaban J connectivity index is 1.94. The van der Waals surface area contributed by atoms with E-state index in [4.69, 9.17) is 0 Å². The Morgan fingerprint density at radius 3 is 1.82 bits per heavy atom. The lowest BCUT2D eigenvalue weighted by atomic mass is 10.1. The van der Waals surface area contributed by atoms with Gasteiger partial charge in [-0.15, -0.1) is 11.8 Å². The Morgan fingerprint density at radius 1 is 0.818 bits per heavy atom. The monoisotopic (exact) mass is 320 g/mol. The van der Waals surface area contributed by atoms with Crippen molar-refractivity contribution in [2.75, 3.05) is 5.75 Å². The van der Waals surface area contributed by atoms with E-state index in [1.54, 1.807) is 6.92 Å². The maximum absolute atomic E-state index is 11.2. The number of hydrogen-bond donors (Lipinski definition) is 0. The average molecular weight is 321 g/mol. The number of thioether (sulfide) groups is 1. The van der Waals surface area contributed by atoms with E-state index in [9.17, 15) is 4.79 Å². The van der Waals surface area contributed by atoms with Crippen molar-refractivity contribution in [3.63, 3.8) is 0 Å². The fourth-order valence-corrected chi connectivity index (χ4v) is 3.48. The van der Waals surface area contributed by atoms with E-state index in [-0.39, 0.29) is 5.78 Å². The highest BCUT2D eigenvalue weighted by Gasteiger charge is 1.99. The molecule has 0 aliphatic rings. The van der Waals surface area contributed by atoms with E-state index in [1.807, 2.05) is 23.9 Å².